The number of nitrogens with zero attached hydrogens (tertiary/aromatic N) is 1. The van der Waals surface area contributed by atoms with Crippen molar-refractivity contribution in [3.63, 3.8) is 0 Å². The molecule has 0 aromatic carbocycles. The van der Waals surface area contributed by atoms with E-state index in [2.05, 4.69) is 31.3 Å². The predicted molar refractivity (Wildman–Crippen MR) is 332 cm³/mol. The fourth-order valence-corrected chi connectivity index (χ4v) is 11.1. The molecule has 0 aliphatic rings. The van der Waals surface area contributed by atoms with E-state index in [4.69, 9.17) is 9.05 Å². The van der Waals surface area contributed by atoms with Gasteiger partial charge in [-0.3, -0.25) is 13.8 Å². The third kappa shape index (κ3) is 60.6. The normalized spacial score (nSPS) is 13.8. The molecule has 0 heterocycles. The first-order chi connectivity index (χ1) is 37.0. The second-order valence-corrected chi connectivity index (χ2v) is 26.0. The molecule has 3 unspecified atom stereocenters. The molecule has 0 saturated heterocycles. The summed E-state index contributed by atoms with van der Waals surface area (Å²) in [6.07, 6.45) is 76.0. The lowest BCUT2D eigenvalue weighted by atomic mass is 10.0. The third-order valence-electron chi connectivity index (χ3n) is 15.7. The first kappa shape index (κ1) is 75.0. The number of nitrogens with one attached hydrogen (secondary N) is 1. The minimum absolute atomic E-state index is 0.0641. The van der Waals surface area contributed by atoms with Crippen molar-refractivity contribution in [2.75, 3.05) is 40.9 Å². The Kier molecular flexibility index (Phi) is 57.8. The van der Waals surface area contributed by atoms with E-state index in [1.165, 1.54) is 295 Å². The molecule has 0 aliphatic heterocycles. The third-order valence-corrected chi connectivity index (χ3v) is 16.6. The second-order valence-electron chi connectivity index (χ2n) is 24.6. The van der Waals surface area contributed by atoms with E-state index in [1.54, 1.807) is 6.08 Å². The zero-order valence-corrected chi connectivity index (χ0v) is 52.7. The molecule has 0 bridgehead atoms. The van der Waals surface area contributed by atoms with Gasteiger partial charge in [-0.1, -0.05) is 321 Å². The number of aliphatic hydroxyl groups excluding tert-OH is 1. The summed E-state index contributed by atoms with van der Waals surface area (Å²) in [6.45, 7) is 4.88. The molecule has 0 aliphatic carbocycles. The molecule has 0 aromatic rings. The van der Waals surface area contributed by atoms with Gasteiger partial charge in [0, 0.05) is 6.42 Å². The van der Waals surface area contributed by atoms with Crippen LogP contribution in [0.4, 0.5) is 0 Å². The molecule has 3 N–H and O–H groups in total. The number of phosphoric acid groups is 1. The first-order valence-electron chi connectivity index (χ1n) is 33.7. The highest BCUT2D eigenvalue weighted by Crippen LogP contribution is 2.43. The van der Waals surface area contributed by atoms with Crippen molar-refractivity contribution in [2.45, 2.75) is 360 Å². The molecule has 76 heavy (non-hydrogen) atoms. The second kappa shape index (κ2) is 58.6. The fourth-order valence-electron chi connectivity index (χ4n) is 10.4. The maximum atomic E-state index is 13.0. The van der Waals surface area contributed by atoms with Crippen molar-refractivity contribution in [1.29, 1.82) is 0 Å². The Morgan fingerprint density at radius 1 is 0.434 bits per heavy atom. The van der Waals surface area contributed by atoms with Crippen LogP contribution in [-0.4, -0.2) is 73.4 Å². The highest BCUT2D eigenvalue weighted by Gasteiger charge is 2.28. The van der Waals surface area contributed by atoms with Crippen LogP contribution < -0.4 is 5.32 Å². The van der Waals surface area contributed by atoms with Crippen LogP contribution in [0.25, 0.3) is 0 Å². The standard InChI is InChI=1S/C67H133N2O6P/c1-6-8-10-12-14-16-18-20-22-24-26-28-30-32-34-36-38-40-42-44-46-48-50-52-54-56-58-60-66(70)65(64-75-76(72,73)74-63-62-69(3,4)5)68-67(71)61-59-57-55-53-51-49-47-45-43-41-39-37-35-33-31-29-27-25-23-21-19-17-15-13-11-9-7-2/h25,27,58,60,65-66,70H,6-24,26,28-57,59,61-64H2,1-5H3,(H-,68,71,72,73)/p+1/b27-25-,60-58+. The van der Waals surface area contributed by atoms with Crippen LogP contribution in [-0.2, 0) is 18.4 Å². The number of hydrogen-bond acceptors (Lipinski definition) is 5. The van der Waals surface area contributed by atoms with Crippen LogP contribution in [0.3, 0.4) is 0 Å². The SMILES string of the molecule is CCCCCCCCCC/C=C\CCCCCCCCCCCCCCCCCC(=O)NC(COP(=O)(O)OCC[N+](C)(C)C)C(O)/C=C/CCCCCCCCCCCCCCCCCCCCCCCCCCC. The molecule has 9 heteroatoms. The maximum absolute atomic E-state index is 13.0. The summed E-state index contributed by atoms with van der Waals surface area (Å²) in [7, 11) is 1.59. The number of rotatable bonds is 63. The Morgan fingerprint density at radius 2 is 0.711 bits per heavy atom. The lowest BCUT2D eigenvalue weighted by molar-refractivity contribution is -0.870. The Bertz CT molecular complexity index is 1290. The minimum Gasteiger partial charge on any atom is -0.387 e. The number of allylic oxidation sites excluding steroid dienone is 3. The summed E-state index contributed by atoms with van der Waals surface area (Å²) in [5.41, 5.74) is 0. The van der Waals surface area contributed by atoms with Gasteiger partial charge in [0.1, 0.15) is 13.2 Å². The van der Waals surface area contributed by atoms with E-state index in [-0.39, 0.29) is 19.1 Å². The zero-order valence-electron chi connectivity index (χ0n) is 51.8. The van der Waals surface area contributed by atoms with Gasteiger partial charge in [0.15, 0.2) is 0 Å². The lowest BCUT2D eigenvalue weighted by Crippen LogP contribution is -2.45. The van der Waals surface area contributed by atoms with Crippen LogP contribution in [0.5, 0.6) is 0 Å². The number of amides is 1. The molecule has 0 rings (SSSR count). The van der Waals surface area contributed by atoms with Crippen molar-refractivity contribution >= 4 is 13.7 Å². The highest BCUT2D eigenvalue weighted by atomic mass is 31.2. The van der Waals surface area contributed by atoms with Crippen molar-refractivity contribution in [3.8, 4) is 0 Å². The number of phosphoric ester groups is 1. The number of carbonyl (C=O) groups excluding carboxylic acids is 1. The van der Waals surface area contributed by atoms with Gasteiger partial charge in [-0.15, -0.1) is 0 Å². The number of unbranched alkanes of at least 4 members (excludes halogenated alkanes) is 48. The van der Waals surface area contributed by atoms with Crippen LogP contribution in [0, 0.1) is 0 Å². The topological polar surface area (TPSA) is 105 Å². The average Bonchev–Trinajstić information content (AvgIpc) is 3.38. The van der Waals surface area contributed by atoms with E-state index >= 15 is 0 Å². The lowest BCUT2D eigenvalue weighted by Gasteiger charge is -2.25. The quantitative estimate of drug-likeness (QED) is 0.0243. The molecule has 452 valence electrons. The smallest absolute Gasteiger partial charge is 0.387 e. The largest absolute Gasteiger partial charge is 0.472 e. The van der Waals surface area contributed by atoms with Crippen LogP contribution in [0.15, 0.2) is 24.3 Å². The summed E-state index contributed by atoms with van der Waals surface area (Å²) < 4.78 is 23.8. The number of carbonyl (C=O) groups is 1. The van der Waals surface area contributed by atoms with Crippen LogP contribution in [0.2, 0.25) is 0 Å². The molecule has 0 aromatic heterocycles. The van der Waals surface area contributed by atoms with Crippen LogP contribution >= 0.6 is 7.82 Å². The molecule has 1 amide bonds. The molecule has 0 spiro atoms. The summed E-state index contributed by atoms with van der Waals surface area (Å²) in [6, 6.07) is -0.845. The van der Waals surface area contributed by atoms with E-state index in [1.807, 2.05) is 27.2 Å². The summed E-state index contributed by atoms with van der Waals surface area (Å²) >= 11 is 0. The van der Waals surface area contributed by atoms with Crippen molar-refractivity contribution in [2.24, 2.45) is 0 Å². The van der Waals surface area contributed by atoms with Gasteiger partial charge in [0.05, 0.1) is 39.9 Å². The zero-order chi connectivity index (χ0) is 55.6. The Labute approximate surface area is 474 Å². The molecule has 0 fully saturated rings. The summed E-state index contributed by atoms with van der Waals surface area (Å²) in [4.78, 5) is 23.4. The minimum atomic E-state index is -4.35. The van der Waals surface area contributed by atoms with Crippen LogP contribution in [0.1, 0.15) is 348 Å². The van der Waals surface area contributed by atoms with E-state index in [0.29, 0.717) is 17.4 Å². The fraction of sp³-hybridized carbons (Fsp3) is 0.925. The maximum Gasteiger partial charge on any atom is 0.472 e. The molecule has 8 nitrogen and oxygen atoms in total. The van der Waals surface area contributed by atoms with E-state index in [9.17, 15) is 19.4 Å². The predicted octanol–water partition coefficient (Wildman–Crippen LogP) is 21.1. The van der Waals surface area contributed by atoms with Crippen molar-refractivity contribution < 1.29 is 32.9 Å². The monoisotopic (exact) mass is 1090 g/mol. The molecule has 0 saturated carbocycles. The highest BCUT2D eigenvalue weighted by molar-refractivity contribution is 7.47. The van der Waals surface area contributed by atoms with Gasteiger partial charge >= 0.3 is 7.82 Å². The molecule has 3 atom stereocenters. The van der Waals surface area contributed by atoms with Gasteiger partial charge in [0.2, 0.25) is 5.91 Å². The summed E-state index contributed by atoms with van der Waals surface area (Å²) in [5, 5.41) is 14.0. The first-order valence-corrected chi connectivity index (χ1v) is 35.2. The van der Waals surface area contributed by atoms with Crippen molar-refractivity contribution in [3.05, 3.63) is 24.3 Å². The van der Waals surface area contributed by atoms with Gasteiger partial charge < -0.3 is 19.8 Å². The Morgan fingerprint density at radius 3 is 1.01 bits per heavy atom. The molecular weight excluding hydrogens is 960 g/mol. The number of quaternary nitrogens is 1. The Balaban J connectivity index is 4.08. The average molecular weight is 1090 g/mol. The molecular formula is C67H134N2O6P+. The van der Waals surface area contributed by atoms with Crippen molar-refractivity contribution in [1.82, 2.24) is 5.32 Å². The van der Waals surface area contributed by atoms with E-state index < -0.39 is 20.0 Å². The van der Waals surface area contributed by atoms with Gasteiger partial charge in [-0.2, -0.15) is 0 Å². The Hall–Kier alpha value is -1.02. The number of aliphatic hydroxyl groups is 1. The number of hydrogen-bond donors (Lipinski definition) is 3. The van der Waals surface area contributed by atoms with Gasteiger partial charge in [-0.25, -0.2) is 4.57 Å². The van der Waals surface area contributed by atoms with Gasteiger partial charge in [0.25, 0.3) is 0 Å². The summed E-state index contributed by atoms with van der Waals surface area (Å²) in [5.74, 6) is -0.170. The van der Waals surface area contributed by atoms with Gasteiger partial charge in [-0.05, 0) is 44.9 Å². The number of likely N-dealkylation sites (N-methyl/N-ethyl adjacent to an activating group) is 1. The van der Waals surface area contributed by atoms with E-state index in [0.717, 1.165) is 32.1 Å². The molecule has 0 radical (unpaired) electrons.